The maximum absolute atomic E-state index is 8.19. The number of hydrogen-bond donors (Lipinski definition) is 0. The highest BCUT2D eigenvalue weighted by Crippen LogP contribution is 2.07. The predicted molar refractivity (Wildman–Crippen MR) is 87.2 cm³/mol. The topological polar surface area (TPSA) is 36.4 Å². The normalized spacial score (nSPS) is 12.3. The van der Waals surface area contributed by atoms with Gasteiger partial charge in [0.25, 0.3) is 5.71 Å². The van der Waals surface area contributed by atoms with Crippen molar-refractivity contribution in [3.63, 3.8) is 0 Å². The SMILES string of the molecule is [N-]=[N+]=C1C=CC=CC1.c1ccc(Cc2ccccc2)cc1. The summed E-state index contributed by atoms with van der Waals surface area (Å²) in [5.41, 5.74) is 11.6. The smallest absolute Gasteiger partial charge is 0.295 e. The molecule has 2 aromatic carbocycles. The van der Waals surface area contributed by atoms with Crippen LogP contribution in [0, 0.1) is 0 Å². The van der Waals surface area contributed by atoms with Crippen molar-refractivity contribution in [3.05, 3.63) is 102 Å². The number of rotatable bonds is 2. The summed E-state index contributed by atoms with van der Waals surface area (Å²) >= 11 is 0. The largest absolute Gasteiger partial charge is 0.361 e. The Morgan fingerprint density at radius 1 is 0.810 bits per heavy atom. The van der Waals surface area contributed by atoms with Crippen LogP contribution in [-0.2, 0) is 6.42 Å². The molecule has 0 aromatic heterocycles. The van der Waals surface area contributed by atoms with Gasteiger partial charge < -0.3 is 5.53 Å². The zero-order chi connectivity index (χ0) is 14.8. The van der Waals surface area contributed by atoms with Crippen LogP contribution in [0.2, 0.25) is 0 Å². The molecule has 0 radical (unpaired) electrons. The molecule has 1 aliphatic carbocycles. The van der Waals surface area contributed by atoms with Gasteiger partial charge in [-0.05, 0) is 17.5 Å². The first kappa shape index (κ1) is 14.7. The van der Waals surface area contributed by atoms with E-state index in [1.807, 2.05) is 18.2 Å². The highest BCUT2D eigenvalue weighted by molar-refractivity contribution is 5.92. The molecule has 0 spiro atoms. The molecular formula is C19H18N2. The summed E-state index contributed by atoms with van der Waals surface area (Å²) in [5, 5.41) is 0. The van der Waals surface area contributed by atoms with E-state index in [1.165, 1.54) is 11.1 Å². The lowest BCUT2D eigenvalue weighted by Gasteiger charge is -2.00. The van der Waals surface area contributed by atoms with Gasteiger partial charge in [-0.1, -0.05) is 78.9 Å². The van der Waals surface area contributed by atoms with Crippen LogP contribution in [0.4, 0.5) is 0 Å². The molecule has 0 saturated heterocycles. The van der Waals surface area contributed by atoms with Gasteiger partial charge in [0, 0.05) is 6.08 Å². The Morgan fingerprint density at radius 3 is 1.76 bits per heavy atom. The molecule has 0 unspecified atom stereocenters. The van der Waals surface area contributed by atoms with Crippen molar-refractivity contribution < 1.29 is 4.79 Å². The zero-order valence-corrected chi connectivity index (χ0v) is 11.9. The van der Waals surface area contributed by atoms with E-state index < -0.39 is 0 Å². The minimum absolute atomic E-state index is 0.715. The minimum Gasteiger partial charge on any atom is -0.361 e. The van der Waals surface area contributed by atoms with Gasteiger partial charge in [0.15, 0.2) is 0 Å². The van der Waals surface area contributed by atoms with Crippen molar-refractivity contribution in [2.75, 3.05) is 0 Å². The van der Waals surface area contributed by atoms with Crippen LogP contribution < -0.4 is 0 Å². The summed E-state index contributed by atoms with van der Waals surface area (Å²) in [6.45, 7) is 0. The standard InChI is InChI=1S/C13H12.C6H6N2/c1-3-7-12(8-4-1)11-13-9-5-2-6-10-13;7-8-6-4-2-1-3-5-6/h1-10H,11H2;1-4H,5H2. The molecule has 3 rings (SSSR count). The van der Waals surface area contributed by atoms with Gasteiger partial charge >= 0.3 is 0 Å². The lowest BCUT2D eigenvalue weighted by Crippen LogP contribution is -1.93. The Labute approximate surface area is 125 Å². The van der Waals surface area contributed by atoms with Crippen molar-refractivity contribution in [1.82, 2.24) is 0 Å². The van der Waals surface area contributed by atoms with E-state index >= 15 is 0 Å². The lowest BCUT2D eigenvalue weighted by atomic mass is 10.1. The second-order valence-electron chi connectivity index (χ2n) is 4.73. The second-order valence-corrected chi connectivity index (χ2v) is 4.73. The molecule has 0 atom stereocenters. The number of allylic oxidation sites excluding steroid dienone is 4. The van der Waals surface area contributed by atoms with Crippen LogP contribution in [0.15, 0.2) is 85.0 Å². The lowest BCUT2D eigenvalue weighted by molar-refractivity contribution is -0.00537. The van der Waals surface area contributed by atoms with Gasteiger partial charge in [0.2, 0.25) is 0 Å². The Morgan fingerprint density at radius 2 is 1.38 bits per heavy atom. The van der Waals surface area contributed by atoms with Crippen molar-refractivity contribution in [3.8, 4) is 0 Å². The number of nitrogens with zero attached hydrogens (tertiary/aromatic N) is 2. The third-order valence-electron chi connectivity index (χ3n) is 3.09. The van der Waals surface area contributed by atoms with Crippen LogP contribution in [0.3, 0.4) is 0 Å². The molecule has 0 bridgehead atoms. The fraction of sp³-hybridized carbons (Fsp3) is 0.105. The van der Waals surface area contributed by atoms with Crippen molar-refractivity contribution >= 4 is 5.71 Å². The predicted octanol–water partition coefficient (Wildman–Crippen LogP) is 4.45. The average Bonchev–Trinajstić information content (AvgIpc) is 2.58. The first-order valence-electron chi connectivity index (χ1n) is 7.00. The van der Waals surface area contributed by atoms with Crippen LogP contribution >= 0.6 is 0 Å². The van der Waals surface area contributed by atoms with Gasteiger partial charge in [0.05, 0.1) is 6.42 Å². The van der Waals surface area contributed by atoms with E-state index in [1.54, 1.807) is 6.08 Å². The molecule has 0 N–H and O–H groups in total. The van der Waals surface area contributed by atoms with Crippen molar-refractivity contribution in [2.45, 2.75) is 12.8 Å². The number of benzene rings is 2. The molecule has 21 heavy (non-hydrogen) atoms. The molecule has 0 aliphatic heterocycles. The highest BCUT2D eigenvalue weighted by Gasteiger charge is 2.00. The van der Waals surface area contributed by atoms with Crippen molar-refractivity contribution in [2.24, 2.45) is 0 Å². The van der Waals surface area contributed by atoms with Crippen molar-refractivity contribution in [1.29, 1.82) is 0 Å². The van der Waals surface area contributed by atoms with Crippen LogP contribution in [-0.4, -0.2) is 10.5 Å². The molecular weight excluding hydrogens is 256 g/mol. The molecule has 1 aliphatic rings. The Kier molecular flexibility index (Phi) is 5.93. The molecule has 0 fully saturated rings. The van der Waals surface area contributed by atoms with E-state index in [9.17, 15) is 0 Å². The summed E-state index contributed by atoms with van der Waals surface area (Å²) in [7, 11) is 0. The van der Waals surface area contributed by atoms with Gasteiger partial charge in [-0.2, -0.15) is 4.79 Å². The van der Waals surface area contributed by atoms with Gasteiger partial charge in [0.1, 0.15) is 0 Å². The minimum atomic E-state index is 0.715. The fourth-order valence-corrected chi connectivity index (χ4v) is 2.00. The maximum atomic E-state index is 8.19. The molecule has 2 aromatic rings. The van der Waals surface area contributed by atoms with E-state index in [2.05, 4.69) is 65.5 Å². The monoisotopic (exact) mass is 274 g/mol. The third-order valence-corrected chi connectivity index (χ3v) is 3.09. The first-order chi connectivity index (χ1) is 10.4. The first-order valence-corrected chi connectivity index (χ1v) is 7.00. The Balaban J connectivity index is 0.000000173. The van der Waals surface area contributed by atoms with Crippen LogP contribution in [0.25, 0.3) is 5.53 Å². The molecule has 0 heterocycles. The number of hydrogen-bond acceptors (Lipinski definition) is 0. The molecule has 2 heteroatoms. The summed E-state index contributed by atoms with van der Waals surface area (Å²) in [5.74, 6) is 0. The maximum Gasteiger partial charge on any atom is 0.295 e. The molecule has 0 saturated carbocycles. The summed E-state index contributed by atoms with van der Waals surface area (Å²) in [6, 6.07) is 21.1. The summed E-state index contributed by atoms with van der Waals surface area (Å²) < 4.78 is 0. The van der Waals surface area contributed by atoms with E-state index in [4.69, 9.17) is 5.53 Å². The second kappa shape index (κ2) is 8.47. The summed E-state index contributed by atoms with van der Waals surface area (Å²) in [4.78, 5) is 3.03. The summed E-state index contributed by atoms with van der Waals surface area (Å²) in [6.07, 6.45) is 9.26. The van der Waals surface area contributed by atoms with Gasteiger partial charge in [-0.15, -0.1) is 0 Å². The van der Waals surface area contributed by atoms with Crippen LogP contribution in [0.5, 0.6) is 0 Å². The third kappa shape index (κ3) is 5.43. The van der Waals surface area contributed by atoms with E-state index in [0.29, 0.717) is 5.71 Å². The molecule has 2 nitrogen and oxygen atoms in total. The average molecular weight is 274 g/mol. The van der Waals surface area contributed by atoms with Gasteiger partial charge in [-0.3, -0.25) is 0 Å². The van der Waals surface area contributed by atoms with E-state index in [-0.39, 0.29) is 0 Å². The quantitative estimate of drug-likeness (QED) is 0.573. The molecule has 0 amide bonds. The highest BCUT2D eigenvalue weighted by atomic mass is 14.8. The zero-order valence-electron chi connectivity index (χ0n) is 11.9. The molecule has 104 valence electrons. The van der Waals surface area contributed by atoms with E-state index in [0.717, 1.165) is 12.8 Å². The van der Waals surface area contributed by atoms with Crippen LogP contribution in [0.1, 0.15) is 17.5 Å². The fourth-order valence-electron chi connectivity index (χ4n) is 2.00. The van der Waals surface area contributed by atoms with Gasteiger partial charge in [-0.25, -0.2) is 0 Å². The Hall–Kier alpha value is -2.70. The Bertz CT molecular complexity index is 611.